The Hall–Kier alpha value is -2.47. The number of aliphatic hydroxyl groups is 1. The Morgan fingerprint density at radius 3 is 2.57 bits per heavy atom. The average Bonchev–Trinajstić information content (AvgIpc) is 2.55. The van der Waals surface area contributed by atoms with Crippen molar-refractivity contribution in [2.24, 2.45) is 0 Å². The lowest BCUT2D eigenvalue weighted by Gasteiger charge is -2.17. The second kappa shape index (κ2) is 8.24. The quantitative estimate of drug-likeness (QED) is 0.765. The molecule has 0 saturated carbocycles. The van der Waals surface area contributed by atoms with E-state index in [0.717, 1.165) is 23.8 Å². The Labute approximate surface area is 133 Å². The van der Waals surface area contributed by atoms with E-state index in [4.69, 9.17) is 5.11 Å². The van der Waals surface area contributed by atoms with E-state index in [1.165, 1.54) is 0 Å². The summed E-state index contributed by atoms with van der Waals surface area (Å²) >= 11 is 0. The van der Waals surface area contributed by atoms with Crippen LogP contribution in [0, 0.1) is 11.6 Å². The second-order valence-electron chi connectivity index (χ2n) is 5.08. The molecule has 0 radical (unpaired) electrons. The highest BCUT2D eigenvalue weighted by molar-refractivity contribution is 5.89. The third-order valence-corrected chi connectivity index (χ3v) is 3.43. The molecule has 122 valence electrons. The highest BCUT2D eigenvalue weighted by Crippen LogP contribution is 2.18. The number of carbonyl (C=O) groups excluding carboxylic acids is 1. The zero-order chi connectivity index (χ0) is 16.7. The zero-order valence-corrected chi connectivity index (χ0v) is 12.4. The van der Waals surface area contributed by atoms with Crippen LogP contribution in [0.2, 0.25) is 0 Å². The first-order valence-corrected chi connectivity index (χ1v) is 7.26. The van der Waals surface area contributed by atoms with Gasteiger partial charge in [0.05, 0.1) is 5.69 Å². The average molecular weight is 320 g/mol. The molecule has 0 aliphatic carbocycles. The summed E-state index contributed by atoms with van der Waals surface area (Å²) in [4.78, 5) is 11.8. The van der Waals surface area contributed by atoms with Crippen molar-refractivity contribution >= 4 is 11.7 Å². The number of hydrogen-bond donors (Lipinski definition) is 3. The molecule has 0 fully saturated rings. The zero-order valence-electron chi connectivity index (χ0n) is 12.4. The molecule has 4 nitrogen and oxygen atoms in total. The van der Waals surface area contributed by atoms with Crippen molar-refractivity contribution in [1.29, 1.82) is 0 Å². The van der Waals surface area contributed by atoms with Gasteiger partial charge in [0.2, 0.25) is 0 Å². The summed E-state index contributed by atoms with van der Waals surface area (Å²) in [6.45, 7) is 0.259. The van der Waals surface area contributed by atoms with Crippen molar-refractivity contribution in [3.05, 3.63) is 65.7 Å². The largest absolute Gasteiger partial charge is 0.396 e. The normalized spacial score (nSPS) is 11.8. The van der Waals surface area contributed by atoms with Crippen molar-refractivity contribution in [2.75, 3.05) is 18.5 Å². The molecule has 0 saturated heterocycles. The molecule has 0 heterocycles. The lowest BCUT2D eigenvalue weighted by atomic mass is 9.96. The number of aliphatic hydroxyl groups excluding tert-OH is 1. The first-order chi connectivity index (χ1) is 11.1. The fraction of sp³-hybridized carbons (Fsp3) is 0.235. The van der Waals surface area contributed by atoms with Gasteiger partial charge in [-0.1, -0.05) is 30.3 Å². The van der Waals surface area contributed by atoms with Crippen molar-refractivity contribution in [2.45, 2.75) is 12.3 Å². The lowest BCUT2D eigenvalue weighted by molar-refractivity contribution is 0.248. The molecule has 0 aliphatic heterocycles. The van der Waals surface area contributed by atoms with Crippen LogP contribution >= 0.6 is 0 Å². The van der Waals surface area contributed by atoms with Gasteiger partial charge >= 0.3 is 6.03 Å². The summed E-state index contributed by atoms with van der Waals surface area (Å²) < 4.78 is 26.5. The molecule has 2 aromatic carbocycles. The molecule has 6 heteroatoms. The summed E-state index contributed by atoms with van der Waals surface area (Å²) in [5, 5.41) is 14.0. The maximum Gasteiger partial charge on any atom is 0.319 e. The fourth-order valence-electron chi connectivity index (χ4n) is 2.24. The van der Waals surface area contributed by atoms with E-state index in [1.807, 2.05) is 30.3 Å². The smallest absolute Gasteiger partial charge is 0.319 e. The highest BCUT2D eigenvalue weighted by atomic mass is 19.1. The summed E-state index contributed by atoms with van der Waals surface area (Å²) in [6, 6.07) is 11.7. The SMILES string of the molecule is O=C(NCC(CCO)c1ccccc1)Nc1cc(F)ccc1F. The Morgan fingerprint density at radius 1 is 1.13 bits per heavy atom. The van der Waals surface area contributed by atoms with Gasteiger partial charge in [-0.15, -0.1) is 0 Å². The number of nitrogens with one attached hydrogen (secondary N) is 2. The number of urea groups is 1. The minimum atomic E-state index is -0.712. The van der Waals surface area contributed by atoms with Crippen molar-refractivity contribution in [3.8, 4) is 0 Å². The Balaban J connectivity index is 1.95. The molecule has 0 aliphatic rings. The van der Waals surface area contributed by atoms with Crippen molar-refractivity contribution in [3.63, 3.8) is 0 Å². The second-order valence-corrected chi connectivity index (χ2v) is 5.08. The number of anilines is 1. The molecular weight excluding hydrogens is 302 g/mol. The maximum atomic E-state index is 13.5. The van der Waals surface area contributed by atoms with E-state index in [1.54, 1.807) is 0 Å². The van der Waals surface area contributed by atoms with Gasteiger partial charge in [0.1, 0.15) is 11.6 Å². The topological polar surface area (TPSA) is 61.4 Å². The Kier molecular flexibility index (Phi) is 6.05. The monoisotopic (exact) mass is 320 g/mol. The molecule has 3 N–H and O–H groups in total. The number of benzene rings is 2. The summed E-state index contributed by atoms with van der Waals surface area (Å²) in [5.74, 6) is -1.41. The predicted octanol–water partition coefficient (Wildman–Crippen LogP) is 3.25. The molecule has 23 heavy (non-hydrogen) atoms. The van der Waals surface area contributed by atoms with Crippen LogP contribution in [-0.2, 0) is 0 Å². The van der Waals surface area contributed by atoms with Crippen LogP contribution in [0.3, 0.4) is 0 Å². The molecular formula is C17H18F2N2O2. The maximum absolute atomic E-state index is 13.5. The van der Waals surface area contributed by atoms with Crippen LogP contribution in [0.1, 0.15) is 17.9 Å². The third kappa shape index (κ3) is 5.03. The van der Waals surface area contributed by atoms with Gasteiger partial charge in [-0.2, -0.15) is 0 Å². The Morgan fingerprint density at radius 2 is 1.87 bits per heavy atom. The minimum absolute atomic E-state index is 0.0125. The predicted molar refractivity (Wildman–Crippen MR) is 84.3 cm³/mol. The Bertz CT molecular complexity index is 650. The van der Waals surface area contributed by atoms with Crippen LogP contribution in [0.5, 0.6) is 0 Å². The molecule has 2 aromatic rings. The van der Waals surface area contributed by atoms with Gasteiger partial charge in [-0.25, -0.2) is 13.6 Å². The molecule has 0 spiro atoms. The van der Waals surface area contributed by atoms with Crippen LogP contribution in [0.25, 0.3) is 0 Å². The van der Waals surface area contributed by atoms with Crippen LogP contribution in [0.4, 0.5) is 19.3 Å². The molecule has 0 aromatic heterocycles. The van der Waals surface area contributed by atoms with Crippen LogP contribution in [0.15, 0.2) is 48.5 Å². The number of rotatable bonds is 6. The van der Waals surface area contributed by atoms with Crippen molar-refractivity contribution < 1.29 is 18.7 Å². The van der Waals surface area contributed by atoms with Gasteiger partial charge in [0.15, 0.2) is 0 Å². The van der Waals surface area contributed by atoms with E-state index >= 15 is 0 Å². The number of halogens is 2. The van der Waals surface area contributed by atoms with Gasteiger partial charge in [-0.3, -0.25) is 0 Å². The van der Waals surface area contributed by atoms with E-state index < -0.39 is 17.7 Å². The highest BCUT2D eigenvalue weighted by Gasteiger charge is 2.13. The van der Waals surface area contributed by atoms with Gasteiger partial charge in [0, 0.05) is 25.1 Å². The first-order valence-electron chi connectivity index (χ1n) is 7.26. The van der Waals surface area contributed by atoms with Crippen LogP contribution < -0.4 is 10.6 Å². The van der Waals surface area contributed by atoms with E-state index in [9.17, 15) is 13.6 Å². The molecule has 0 bridgehead atoms. The first kappa shape index (κ1) is 16.9. The van der Waals surface area contributed by atoms with Gasteiger partial charge < -0.3 is 15.7 Å². The summed E-state index contributed by atoms with van der Waals surface area (Å²) in [7, 11) is 0. The molecule has 2 amide bonds. The molecule has 1 unspecified atom stereocenters. The van der Waals surface area contributed by atoms with Gasteiger partial charge in [0.25, 0.3) is 0 Å². The standard InChI is InChI=1S/C17H18F2N2O2/c18-14-6-7-15(19)16(10-14)21-17(23)20-11-13(8-9-22)12-4-2-1-3-5-12/h1-7,10,13,22H,8-9,11H2,(H2,20,21,23). The summed E-state index contributed by atoms with van der Waals surface area (Å²) in [6.07, 6.45) is 0.485. The molecule has 1 atom stereocenters. The number of amides is 2. The summed E-state index contributed by atoms with van der Waals surface area (Å²) in [5.41, 5.74) is 0.764. The van der Waals surface area contributed by atoms with E-state index in [-0.39, 0.29) is 24.8 Å². The van der Waals surface area contributed by atoms with Gasteiger partial charge in [-0.05, 0) is 24.1 Å². The fourth-order valence-corrected chi connectivity index (χ4v) is 2.24. The molecule has 2 rings (SSSR count). The van der Waals surface area contributed by atoms with E-state index in [0.29, 0.717) is 6.42 Å². The number of hydrogen-bond acceptors (Lipinski definition) is 2. The number of carbonyl (C=O) groups is 1. The lowest BCUT2D eigenvalue weighted by Crippen LogP contribution is -2.33. The minimum Gasteiger partial charge on any atom is -0.396 e. The third-order valence-electron chi connectivity index (χ3n) is 3.43. The van der Waals surface area contributed by atoms with Crippen LogP contribution in [-0.4, -0.2) is 24.3 Å². The van der Waals surface area contributed by atoms with E-state index in [2.05, 4.69) is 10.6 Å². The van der Waals surface area contributed by atoms with Crippen molar-refractivity contribution in [1.82, 2.24) is 5.32 Å².